The molecular formula is C95H61N9. The van der Waals surface area contributed by atoms with Gasteiger partial charge in [-0.05, 0) is 94.7 Å². The standard InChI is InChI=1S/C53H34N4.C42H27N5/c1-4-16-36(17-5-1)47-34-48(37-18-6-2-7-19-37)56-53(55-47)43-33-32-40(41-22-10-11-23-42(41)43)35-28-30-38(31-29-35)51-50-45-25-13-15-27-49(45)57(39-20-8-3-9-21-39)52(50)44-24-12-14-26-46(44)54-51;1-4-14-28(15-5-1)38-37-34-21-11-13-23-36(34)47(39(37)33-20-10-12-22-35(33)43-38)32-26-24-31(25-27-32)42-45-40(29-16-6-2-7-17-29)44-41(46-42)30-18-8-3-9-19-30/h1-34H;1-27H. The van der Waals surface area contributed by atoms with Gasteiger partial charge in [0.05, 0.1) is 55.9 Å². The van der Waals surface area contributed by atoms with Crippen molar-refractivity contribution in [1.29, 1.82) is 0 Å². The van der Waals surface area contributed by atoms with Crippen molar-refractivity contribution >= 4 is 76.2 Å². The lowest BCUT2D eigenvalue weighted by Crippen LogP contribution is -2.00. The van der Waals surface area contributed by atoms with Crippen molar-refractivity contribution < 1.29 is 0 Å². The largest absolute Gasteiger partial charge is 0.308 e. The second kappa shape index (κ2) is 26.2. The number of hydrogen-bond acceptors (Lipinski definition) is 7. The summed E-state index contributed by atoms with van der Waals surface area (Å²) >= 11 is 0. The number of pyridine rings is 2. The van der Waals surface area contributed by atoms with Crippen LogP contribution in [0, 0.1) is 0 Å². The molecule has 20 aromatic rings. The summed E-state index contributed by atoms with van der Waals surface area (Å²) in [6.45, 7) is 0. The lowest BCUT2D eigenvalue weighted by atomic mass is 9.93. The molecule has 0 amide bonds. The number of aromatic nitrogens is 9. The average molecular weight is 1330 g/mol. The normalized spacial score (nSPS) is 11.5. The highest BCUT2D eigenvalue weighted by atomic mass is 15.0. The SMILES string of the molecule is c1ccc(-c2cc(-c3ccccc3)nc(-c3ccc(-c4ccc(-c5nc6ccccc6c6c5c5ccccc5n6-c5ccccc5)cc4)c4ccccc34)n2)cc1.c1ccc(-c2nc(-c3ccccc3)nc(-c3ccc(-n4c5ccccc5c5c(-c6ccccc6)nc6ccccc6c54)cc3)n2)cc1. The Morgan fingerprint density at radius 1 is 0.192 bits per heavy atom. The molecule has 0 unspecified atom stereocenters. The van der Waals surface area contributed by atoms with Gasteiger partial charge >= 0.3 is 0 Å². The Morgan fingerprint density at radius 2 is 0.510 bits per heavy atom. The highest BCUT2D eigenvalue weighted by Gasteiger charge is 2.24. The fourth-order valence-electron chi connectivity index (χ4n) is 14.8. The van der Waals surface area contributed by atoms with Crippen molar-refractivity contribution in [3.63, 3.8) is 0 Å². The third-order valence-electron chi connectivity index (χ3n) is 19.7. The molecule has 0 saturated carbocycles. The van der Waals surface area contributed by atoms with Gasteiger partial charge in [0.25, 0.3) is 0 Å². The first-order valence-corrected chi connectivity index (χ1v) is 35.0. The van der Waals surface area contributed by atoms with Gasteiger partial charge in [-0.3, -0.25) is 0 Å². The number of nitrogens with zero attached hydrogens (tertiary/aromatic N) is 9. The van der Waals surface area contributed by atoms with Crippen molar-refractivity contribution in [3.05, 3.63) is 370 Å². The Hall–Kier alpha value is -14.2. The molecule has 0 fully saturated rings. The predicted molar refractivity (Wildman–Crippen MR) is 428 cm³/mol. The van der Waals surface area contributed by atoms with E-state index in [0.717, 1.165) is 150 Å². The van der Waals surface area contributed by atoms with Crippen molar-refractivity contribution in [2.24, 2.45) is 0 Å². The van der Waals surface area contributed by atoms with Crippen molar-refractivity contribution in [2.45, 2.75) is 0 Å². The van der Waals surface area contributed by atoms with E-state index < -0.39 is 0 Å². The maximum Gasteiger partial charge on any atom is 0.164 e. The number of fused-ring (bicyclic) bond motifs is 11. The molecule has 0 aliphatic carbocycles. The van der Waals surface area contributed by atoms with Gasteiger partial charge in [0, 0.05) is 88.2 Å². The first-order chi connectivity index (χ1) is 51.6. The Bertz CT molecular complexity index is 6490. The Labute approximate surface area is 599 Å². The molecule has 9 heteroatoms. The molecule has 0 saturated heterocycles. The van der Waals surface area contributed by atoms with Gasteiger partial charge in [-0.1, -0.05) is 297 Å². The maximum absolute atomic E-state index is 5.36. The van der Waals surface area contributed by atoms with Crippen LogP contribution in [0.1, 0.15) is 0 Å². The summed E-state index contributed by atoms with van der Waals surface area (Å²) in [6, 6.07) is 129. The van der Waals surface area contributed by atoms with Gasteiger partial charge in [-0.15, -0.1) is 0 Å². The third-order valence-corrected chi connectivity index (χ3v) is 19.7. The molecule has 0 atom stereocenters. The molecule has 14 aromatic carbocycles. The minimum absolute atomic E-state index is 0.632. The van der Waals surface area contributed by atoms with E-state index in [1.165, 1.54) is 16.3 Å². The molecule has 6 heterocycles. The summed E-state index contributed by atoms with van der Waals surface area (Å²) in [5.41, 5.74) is 22.9. The van der Waals surface area contributed by atoms with E-state index in [9.17, 15) is 0 Å². The van der Waals surface area contributed by atoms with E-state index >= 15 is 0 Å². The van der Waals surface area contributed by atoms with E-state index in [1.807, 2.05) is 78.9 Å². The highest BCUT2D eigenvalue weighted by molar-refractivity contribution is 6.24. The summed E-state index contributed by atoms with van der Waals surface area (Å²) in [7, 11) is 0. The van der Waals surface area contributed by atoms with Crippen molar-refractivity contribution in [1.82, 2.24) is 44.0 Å². The fourth-order valence-corrected chi connectivity index (χ4v) is 14.8. The van der Waals surface area contributed by atoms with Gasteiger partial charge in [-0.2, -0.15) is 0 Å². The summed E-state index contributed by atoms with van der Waals surface area (Å²) in [6.07, 6.45) is 0. The van der Waals surface area contributed by atoms with E-state index in [2.05, 4.69) is 300 Å². The molecular weight excluding hydrogens is 1270 g/mol. The minimum Gasteiger partial charge on any atom is -0.308 e. The monoisotopic (exact) mass is 1330 g/mol. The van der Waals surface area contributed by atoms with Gasteiger partial charge in [-0.25, -0.2) is 34.9 Å². The summed E-state index contributed by atoms with van der Waals surface area (Å²) in [5, 5.41) is 9.15. The number of rotatable bonds is 11. The van der Waals surface area contributed by atoms with Crippen LogP contribution in [0.15, 0.2) is 370 Å². The average Bonchev–Trinajstić information content (AvgIpc) is 1.56. The van der Waals surface area contributed by atoms with Crippen LogP contribution in [-0.4, -0.2) is 44.0 Å². The molecule has 0 aliphatic heterocycles. The molecule has 0 N–H and O–H groups in total. The topological polar surface area (TPSA) is 100 Å². The molecule has 20 rings (SSSR count). The zero-order chi connectivity index (χ0) is 68.9. The number of hydrogen-bond donors (Lipinski definition) is 0. The number of benzene rings is 14. The van der Waals surface area contributed by atoms with Gasteiger partial charge in [0.15, 0.2) is 23.3 Å². The maximum atomic E-state index is 5.36. The zero-order valence-electron chi connectivity index (χ0n) is 56.2. The van der Waals surface area contributed by atoms with Gasteiger partial charge < -0.3 is 9.13 Å². The summed E-state index contributed by atoms with van der Waals surface area (Å²) in [5.74, 6) is 2.63. The van der Waals surface area contributed by atoms with E-state index in [0.29, 0.717) is 23.3 Å². The fraction of sp³-hybridized carbons (Fsp3) is 0. The first kappa shape index (κ1) is 61.0. The van der Waals surface area contributed by atoms with Crippen LogP contribution < -0.4 is 0 Å². The summed E-state index contributed by atoms with van der Waals surface area (Å²) < 4.78 is 4.76. The third kappa shape index (κ3) is 11.0. The van der Waals surface area contributed by atoms with Crippen LogP contribution in [0.2, 0.25) is 0 Å². The Morgan fingerprint density at radius 3 is 0.971 bits per heavy atom. The Kier molecular flexibility index (Phi) is 15.3. The van der Waals surface area contributed by atoms with E-state index in [4.69, 9.17) is 34.9 Å². The molecule has 0 radical (unpaired) electrons. The first-order valence-electron chi connectivity index (χ1n) is 35.0. The molecule has 0 spiro atoms. The quantitative estimate of drug-likeness (QED) is 0.127. The van der Waals surface area contributed by atoms with Crippen LogP contribution in [0.25, 0.3) is 189 Å². The minimum atomic E-state index is 0.632. The second-order valence-corrected chi connectivity index (χ2v) is 25.9. The van der Waals surface area contributed by atoms with E-state index in [-0.39, 0.29) is 0 Å². The van der Waals surface area contributed by atoms with E-state index in [1.54, 1.807) is 0 Å². The van der Waals surface area contributed by atoms with Crippen LogP contribution in [0.4, 0.5) is 0 Å². The molecule has 6 aromatic heterocycles. The van der Waals surface area contributed by atoms with Crippen molar-refractivity contribution in [2.75, 3.05) is 0 Å². The lowest BCUT2D eigenvalue weighted by Gasteiger charge is -2.14. The smallest absolute Gasteiger partial charge is 0.164 e. The van der Waals surface area contributed by atoms with Crippen LogP contribution in [0.5, 0.6) is 0 Å². The molecule has 0 bridgehead atoms. The molecule has 104 heavy (non-hydrogen) atoms. The molecule has 0 aliphatic rings. The van der Waals surface area contributed by atoms with Crippen molar-refractivity contribution in [3.8, 4) is 113 Å². The predicted octanol–water partition coefficient (Wildman–Crippen LogP) is 23.8. The van der Waals surface area contributed by atoms with Crippen LogP contribution in [0.3, 0.4) is 0 Å². The zero-order valence-corrected chi connectivity index (χ0v) is 56.2. The second-order valence-electron chi connectivity index (χ2n) is 25.9. The van der Waals surface area contributed by atoms with Crippen LogP contribution >= 0.6 is 0 Å². The highest BCUT2D eigenvalue weighted by Crippen LogP contribution is 2.45. The number of para-hydroxylation sites is 5. The molecule has 486 valence electrons. The van der Waals surface area contributed by atoms with Gasteiger partial charge in [0.2, 0.25) is 0 Å². The summed E-state index contributed by atoms with van der Waals surface area (Å²) in [4.78, 5) is 35.6. The molecule has 9 nitrogen and oxygen atoms in total. The van der Waals surface area contributed by atoms with Crippen LogP contribution in [-0.2, 0) is 0 Å². The van der Waals surface area contributed by atoms with Gasteiger partial charge in [0.1, 0.15) is 0 Å². The lowest BCUT2D eigenvalue weighted by molar-refractivity contribution is 1.07. The Balaban J connectivity index is 0.000000146.